The number of piperidine rings is 1. The smallest absolute Gasteiger partial charge is 0.289 e. The fraction of sp³-hybridized carbons (Fsp3) is 0.409. The van der Waals surface area contributed by atoms with Crippen LogP contribution in [0.2, 0.25) is 0 Å². The lowest BCUT2D eigenvalue weighted by molar-refractivity contribution is -0.137. The summed E-state index contributed by atoms with van der Waals surface area (Å²) in [5, 5.41) is 12.8. The maximum absolute atomic E-state index is 13.2. The Morgan fingerprint density at radius 2 is 1.72 bits per heavy atom. The van der Waals surface area contributed by atoms with E-state index in [2.05, 4.69) is 20.2 Å². The van der Waals surface area contributed by atoms with Crippen molar-refractivity contribution < 1.29 is 14.0 Å². The first-order valence-corrected chi connectivity index (χ1v) is 10.9. The van der Waals surface area contributed by atoms with Gasteiger partial charge in [0.15, 0.2) is 17.4 Å². The Labute approximate surface area is 185 Å². The van der Waals surface area contributed by atoms with Crippen LogP contribution in [0.25, 0.3) is 5.82 Å². The molecule has 2 aliphatic heterocycles. The number of rotatable bonds is 4. The molecule has 0 spiro atoms. The van der Waals surface area contributed by atoms with Crippen molar-refractivity contribution >= 4 is 17.6 Å². The molecule has 3 aromatic heterocycles. The van der Waals surface area contributed by atoms with E-state index >= 15 is 0 Å². The predicted octanol–water partition coefficient (Wildman–Crippen LogP) is 1.46. The Morgan fingerprint density at radius 1 is 0.938 bits per heavy atom. The topological polar surface area (TPSA) is 101 Å². The lowest BCUT2D eigenvalue weighted by atomic mass is 9.96. The Morgan fingerprint density at radius 3 is 2.41 bits per heavy atom. The largest absolute Gasteiger partial charge is 0.459 e. The summed E-state index contributed by atoms with van der Waals surface area (Å²) in [5.41, 5.74) is 0. The third-order valence-corrected chi connectivity index (χ3v) is 6.08. The zero-order valence-corrected chi connectivity index (χ0v) is 17.7. The molecule has 0 saturated carbocycles. The molecule has 2 fully saturated rings. The number of carbonyl (C=O) groups excluding carboxylic acids is 2. The Balaban J connectivity index is 1.18. The molecule has 5 rings (SSSR count). The van der Waals surface area contributed by atoms with E-state index in [1.165, 1.54) is 6.26 Å². The van der Waals surface area contributed by atoms with Gasteiger partial charge < -0.3 is 19.1 Å². The number of furan rings is 1. The van der Waals surface area contributed by atoms with Gasteiger partial charge in [-0.1, -0.05) is 0 Å². The van der Waals surface area contributed by atoms with E-state index in [1.54, 1.807) is 27.9 Å². The number of amides is 2. The Hall–Kier alpha value is -3.69. The van der Waals surface area contributed by atoms with Crippen molar-refractivity contribution in [3.63, 3.8) is 0 Å². The molecule has 1 atom stereocenters. The molecule has 5 heterocycles. The number of nitrogens with zero attached hydrogens (tertiary/aromatic N) is 7. The van der Waals surface area contributed by atoms with Gasteiger partial charge in [0.1, 0.15) is 0 Å². The monoisotopic (exact) mass is 435 g/mol. The fourth-order valence-corrected chi connectivity index (χ4v) is 4.34. The number of carbonyl (C=O) groups is 2. The van der Waals surface area contributed by atoms with Gasteiger partial charge in [-0.05, 0) is 43.2 Å². The molecule has 10 heteroatoms. The maximum Gasteiger partial charge on any atom is 0.289 e. The normalized spacial score (nSPS) is 19.2. The highest BCUT2D eigenvalue weighted by atomic mass is 16.3. The summed E-state index contributed by atoms with van der Waals surface area (Å²) in [7, 11) is 0. The summed E-state index contributed by atoms with van der Waals surface area (Å²) in [4.78, 5) is 31.4. The van der Waals surface area contributed by atoms with Crippen molar-refractivity contribution in [3.05, 3.63) is 54.7 Å². The minimum atomic E-state index is -0.122. The maximum atomic E-state index is 13.2. The summed E-state index contributed by atoms with van der Waals surface area (Å²) in [6.07, 6.45) is 6.80. The van der Waals surface area contributed by atoms with Crippen LogP contribution in [0.5, 0.6) is 0 Å². The molecule has 0 radical (unpaired) electrons. The molecular weight excluding hydrogens is 410 g/mol. The van der Waals surface area contributed by atoms with E-state index in [-0.39, 0.29) is 17.7 Å². The van der Waals surface area contributed by atoms with Crippen LogP contribution in [0, 0.1) is 5.92 Å². The average molecular weight is 435 g/mol. The zero-order valence-electron chi connectivity index (χ0n) is 17.7. The standard InChI is InChI=1S/C22H25N7O3/c30-21(26-11-13-27(14-12-26)22(31)18-5-2-15-32-18)17-4-1-9-28(16-17)19-6-7-20(25-24-19)29-10-3-8-23-29/h2-3,5-8,10,15,17H,1,4,9,11-14,16H2. The molecule has 0 aromatic carbocycles. The van der Waals surface area contributed by atoms with E-state index in [9.17, 15) is 9.59 Å². The van der Waals surface area contributed by atoms with Crippen LogP contribution in [-0.4, -0.2) is 80.9 Å². The molecule has 0 bridgehead atoms. The molecule has 3 aromatic rings. The van der Waals surface area contributed by atoms with E-state index in [4.69, 9.17) is 4.42 Å². The van der Waals surface area contributed by atoms with Gasteiger partial charge in [-0.15, -0.1) is 10.2 Å². The van der Waals surface area contributed by atoms with Crippen LogP contribution in [0.4, 0.5) is 5.82 Å². The molecule has 2 saturated heterocycles. The van der Waals surface area contributed by atoms with Crippen molar-refractivity contribution in [2.24, 2.45) is 5.92 Å². The lowest BCUT2D eigenvalue weighted by Gasteiger charge is -2.39. The van der Waals surface area contributed by atoms with Crippen LogP contribution in [0.15, 0.2) is 53.4 Å². The van der Waals surface area contributed by atoms with Crippen molar-refractivity contribution in [2.45, 2.75) is 12.8 Å². The first-order valence-electron chi connectivity index (χ1n) is 10.9. The third kappa shape index (κ3) is 4.08. The number of anilines is 1. The van der Waals surface area contributed by atoms with E-state index in [0.29, 0.717) is 44.3 Å². The summed E-state index contributed by atoms with van der Waals surface area (Å²) >= 11 is 0. The minimum Gasteiger partial charge on any atom is -0.459 e. The highest BCUT2D eigenvalue weighted by Gasteiger charge is 2.33. The minimum absolute atomic E-state index is 0.0799. The Kier molecular flexibility index (Phi) is 5.57. The molecule has 32 heavy (non-hydrogen) atoms. The molecule has 10 nitrogen and oxygen atoms in total. The van der Waals surface area contributed by atoms with Gasteiger partial charge in [0, 0.05) is 51.7 Å². The first-order chi connectivity index (χ1) is 15.7. The van der Waals surface area contributed by atoms with E-state index in [0.717, 1.165) is 25.2 Å². The molecular formula is C22H25N7O3. The van der Waals surface area contributed by atoms with Gasteiger partial charge in [0.2, 0.25) is 5.91 Å². The molecule has 0 aliphatic carbocycles. The SMILES string of the molecule is O=C(c1ccco1)N1CCN(C(=O)C2CCCN(c3ccc(-n4cccn4)nn3)C2)CC1. The number of aromatic nitrogens is 4. The summed E-state index contributed by atoms with van der Waals surface area (Å²) in [6.45, 7) is 3.59. The second-order valence-electron chi connectivity index (χ2n) is 8.08. The van der Waals surface area contributed by atoms with Gasteiger partial charge in [-0.2, -0.15) is 5.10 Å². The fourth-order valence-electron chi connectivity index (χ4n) is 4.34. The second-order valence-corrected chi connectivity index (χ2v) is 8.08. The van der Waals surface area contributed by atoms with Crippen LogP contribution in [0.3, 0.4) is 0 Å². The highest BCUT2D eigenvalue weighted by Crippen LogP contribution is 2.24. The van der Waals surface area contributed by atoms with Gasteiger partial charge >= 0.3 is 0 Å². The van der Waals surface area contributed by atoms with Crippen LogP contribution in [-0.2, 0) is 4.79 Å². The molecule has 0 N–H and O–H groups in total. The number of hydrogen-bond acceptors (Lipinski definition) is 7. The predicted molar refractivity (Wildman–Crippen MR) is 115 cm³/mol. The average Bonchev–Trinajstić information content (AvgIpc) is 3.58. The van der Waals surface area contributed by atoms with Gasteiger partial charge in [0.25, 0.3) is 5.91 Å². The quantitative estimate of drug-likeness (QED) is 0.611. The molecule has 2 aliphatic rings. The van der Waals surface area contributed by atoms with Crippen LogP contribution in [0.1, 0.15) is 23.4 Å². The second kappa shape index (κ2) is 8.81. The molecule has 1 unspecified atom stereocenters. The lowest BCUT2D eigenvalue weighted by Crippen LogP contribution is -2.53. The van der Waals surface area contributed by atoms with Crippen molar-refractivity contribution in [2.75, 3.05) is 44.2 Å². The Bertz CT molecular complexity index is 1040. The summed E-state index contributed by atoms with van der Waals surface area (Å²) in [5.74, 6) is 1.72. The van der Waals surface area contributed by atoms with E-state index < -0.39 is 0 Å². The first kappa shape index (κ1) is 20.2. The van der Waals surface area contributed by atoms with Crippen molar-refractivity contribution in [3.8, 4) is 5.82 Å². The summed E-state index contributed by atoms with van der Waals surface area (Å²) in [6, 6.07) is 9.02. The van der Waals surface area contributed by atoms with Crippen LogP contribution < -0.4 is 4.90 Å². The molecule has 166 valence electrons. The van der Waals surface area contributed by atoms with Gasteiger partial charge in [0.05, 0.1) is 12.2 Å². The van der Waals surface area contributed by atoms with Crippen LogP contribution >= 0.6 is 0 Å². The number of piperazine rings is 1. The van der Waals surface area contributed by atoms with Crippen molar-refractivity contribution in [1.29, 1.82) is 0 Å². The number of hydrogen-bond donors (Lipinski definition) is 0. The van der Waals surface area contributed by atoms with E-state index in [1.807, 2.05) is 29.3 Å². The molecule has 2 amide bonds. The third-order valence-electron chi connectivity index (χ3n) is 6.08. The summed E-state index contributed by atoms with van der Waals surface area (Å²) < 4.78 is 6.87. The van der Waals surface area contributed by atoms with Gasteiger partial charge in [-0.3, -0.25) is 9.59 Å². The van der Waals surface area contributed by atoms with Gasteiger partial charge in [-0.25, -0.2) is 4.68 Å². The highest BCUT2D eigenvalue weighted by molar-refractivity contribution is 5.91. The van der Waals surface area contributed by atoms with Crippen molar-refractivity contribution in [1.82, 2.24) is 29.8 Å². The zero-order chi connectivity index (χ0) is 21.9.